The van der Waals surface area contributed by atoms with Gasteiger partial charge in [-0.15, -0.1) is 0 Å². The topological polar surface area (TPSA) is 29.1 Å². The average Bonchev–Trinajstić information content (AvgIpc) is 2.29. The maximum Gasteiger partial charge on any atom is 0.160 e. The first-order chi connectivity index (χ1) is 7.36. The van der Waals surface area contributed by atoms with E-state index < -0.39 is 0 Å². The summed E-state index contributed by atoms with van der Waals surface area (Å²) in [7, 11) is 0. The summed E-state index contributed by atoms with van der Waals surface area (Å²) in [5, 5.41) is 3.44. The van der Waals surface area contributed by atoms with Crippen molar-refractivity contribution in [2.45, 2.75) is 63.8 Å². The Morgan fingerprint density at radius 3 is 2.47 bits per heavy atom. The first-order valence-electron chi connectivity index (χ1n) is 6.34. The summed E-state index contributed by atoms with van der Waals surface area (Å²) in [6, 6.07) is 0.626. The standard InChI is InChI=1S/C13H21NO/c15-13-9-5-4-6-11(13)10-14-12-7-2-1-3-8-12/h10,12,14H,1-9H2. The molecule has 2 aliphatic carbocycles. The quantitative estimate of drug-likeness (QED) is 0.705. The molecular weight excluding hydrogens is 186 g/mol. The highest BCUT2D eigenvalue weighted by Gasteiger charge is 2.16. The average molecular weight is 207 g/mol. The van der Waals surface area contributed by atoms with Crippen LogP contribution in [0.5, 0.6) is 0 Å². The van der Waals surface area contributed by atoms with Crippen LogP contribution in [0.2, 0.25) is 0 Å². The predicted octanol–water partition coefficient (Wildman–Crippen LogP) is 2.94. The fourth-order valence-corrected chi connectivity index (χ4v) is 2.54. The van der Waals surface area contributed by atoms with Crippen LogP contribution < -0.4 is 5.32 Å². The molecule has 0 aromatic rings. The Hall–Kier alpha value is -0.790. The van der Waals surface area contributed by atoms with Crippen LogP contribution in [0.1, 0.15) is 57.8 Å². The molecule has 2 aliphatic rings. The Bertz CT molecular complexity index is 251. The van der Waals surface area contributed by atoms with E-state index in [2.05, 4.69) is 5.32 Å². The van der Waals surface area contributed by atoms with Crippen LogP contribution in [-0.2, 0) is 4.79 Å². The van der Waals surface area contributed by atoms with E-state index in [0.717, 1.165) is 24.8 Å². The highest BCUT2D eigenvalue weighted by atomic mass is 16.1. The van der Waals surface area contributed by atoms with E-state index in [1.54, 1.807) is 0 Å². The van der Waals surface area contributed by atoms with Gasteiger partial charge in [0.1, 0.15) is 0 Å². The van der Waals surface area contributed by atoms with E-state index in [1.807, 2.05) is 6.20 Å². The summed E-state index contributed by atoms with van der Waals surface area (Å²) >= 11 is 0. The molecule has 0 heterocycles. The van der Waals surface area contributed by atoms with E-state index >= 15 is 0 Å². The molecule has 0 radical (unpaired) electrons. The van der Waals surface area contributed by atoms with Gasteiger partial charge in [0, 0.05) is 24.2 Å². The molecule has 0 unspecified atom stereocenters. The second-order valence-corrected chi connectivity index (χ2v) is 4.80. The van der Waals surface area contributed by atoms with E-state index in [0.29, 0.717) is 11.8 Å². The first-order valence-corrected chi connectivity index (χ1v) is 6.34. The van der Waals surface area contributed by atoms with Crippen LogP contribution >= 0.6 is 0 Å². The van der Waals surface area contributed by atoms with E-state index in [4.69, 9.17) is 0 Å². The first kappa shape index (κ1) is 10.7. The molecule has 2 nitrogen and oxygen atoms in total. The zero-order chi connectivity index (χ0) is 10.5. The van der Waals surface area contributed by atoms with Gasteiger partial charge in [0.25, 0.3) is 0 Å². The van der Waals surface area contributed by atoms with Crippen LogP contribution in [0.4, 0.5) is 0 Å². The minimum atomic E-state index is 0.365. The summed E-state index contributed by atoms with van der Waals surface area (Å²) in [5.74, 6) is 0.365. The van der Waals surface area contributed by atoms with Crippen LogP contribution in [0.3, 0.4) is 0 Å². The Kier molecular flexibility index (Phi) is 3.81. The van der Waals surface area contributed by atoms with Crippen molar-refractivity contribution in [2.75, 3.05) is 0 Å². The molecule has 0 saturated heterocycles. The normalized spacial score (nSPS) is 26.9. The number of carbonyl (C=O) groups is 1. The molecular formula is C13H21NO. The van der Waals surface area contributed by atoms with Gasteiger partial charge in [-0.3, -0.25) is 4.79 Å². The third-order valence-corrected chi connectivity index (χ3v) is 3.56. The molecule has 2 rings (SSSR count). The van der Waals surface area contributed by atoms with Gasteiger partial charge in [-0.1, -0.05) is 19.3 Å². The Balaban J connectivity index is 1.83. The molecule has 2 heteroatoms. The van der Waals surface area contributed by atoms with Gasteiger partial charge in [-0.25, -0.2) is 0 Å². The van der Waals surface area contributed by atoms with Gasteiger partial charge < -0.3 is 5.32 Å². The molecule has 0 amide bonds. The SMILES string of the molecule is O=C1CCCCC1=CNC1CCCCC1. The monoisotopic (exact) mass is 207 g/mol. The molecule has 15 heavy (non-hydrogen) atoms. The number of ketones is 1. The van der Waals surface area contributed by atoms with Crippen LogP contribution in [-0.4, -0.2) is 11.8 Å². The molecule has 0 atom stereocenters. The summed E-state index contributed by atoms with van der Waals surface area (Å²) < 4.78 is 0. The van der Waals surface area contributed by atoms with Gasteiger partial charge in [0.05, 0.1) is 0 Å². The highest BCUT2D eigenvalue weighted by molar-refractivity contribution is 5.95. The Labute approximate surface area is 92.1 Å². The lowest BCUT2D eigenvalue weighted by molar-refractivity contribution is -0.116. The molecule has 84 valence electrons. The Morgan fingerprint density at radius 1 is 1.00 bits per heavy atom. The van der Waals surface area contributed by atoms with Crippen molar-refractivity contribution in [3.63, 3.8) is 0 Å². The van der Waals surface area contributed by atoms with Crippen molar-refractivity contribution in [3.05, 3.63) is 11.8 Å². The van der Waals surface area contributed by atoms with Gasteiger partial charge in [0.15, 0.2) is 5.78 Å². The molecule has 2 saturated carbocycles. The summed E-state index contributed by atoms with van der Waals surface area (Å²) in [6.45, 7) is 0. The lowest BCUT2D eigenvalue weighted by Gasteiger charge is -2.23. The van der Waals surface area contributed by atoms with E-state index in [1.165, 1.54) is 38.5 Å². The Morgan fingerprint density at radius 2 is 1.73 bits per heavy atom. The smallest absolute Gasteiger partial charge is 0.160 e. The van der Waals surface area contributed by atoms with Crippen LogP contribution in [0.15, 0.2) is 11.8 Å². The maximum absolute atomic E-state index is 11.6. The van der Waals surface area contributed by atoms with E-state index in [-0.39, 0.29) is 0 Å². The van der Waals surface area contributed by atoms with Gasteiger partial charge >= 0.3 is 0 Å². The van der Waals surface area contributed by atoms with Crippen molar-refractivity contribution < 1.29 is 4.79 Å². The van der Waals surface area contributed by atoms with Crippen molar-refractivity contribution >= 4 is 5.78 Å². The van der Waals surface area contributed by atoms with Crippen molar-refractivity contribution in [1.82, 2.24) is 5.32 Å². The fourth-order valence-electron chi connectivity index (χ4n) is 2.54. The largest absolute Gasteiger partial charge is 0.388 e. The number of rotatable bonds is 2. The number of nitrogens with one attached hydrogen (secondary N) is 1. The lowest BCUT2D eigenvalue weighted by Crippen LogP contribution is -2.27. The second-order valence-electron chi connectivity index (χ2n) is 4.80. The minimum absolute atomic E-state index is 0.365. The predicted molar refractivity (Wildman–Crippen MR) is 61.6 cm³/mol. The summed E-state index contributed by atoms with van der Waals surface area (Å²) in [5.41, 5.74) is 1.03. The third-order valence-electron chi connectivity index (χ3n) is 3.56. The number of hydrogen-bond acceptors (Lipinski definition) is 2. The lowest BCUT2D eigenvalue weighted by atomic mass is 9.93. The molecule has 1 N–H and O–H groups in total. The fraction of sp³-hybridized carbons (Fsp3) is 0.769. The summed E-state index contributed by atoms with van der Waals surface area (Å²) in [4.78, 5) is 11.6. The van der Waals surface area contributed by atoms with Crippen LogP contribution in [0, 0.1) is 0 Å². The van der Waals surface area contributed by atoms with Crippen molar-refractivity contribution in [2.24, 2.45) is 0 Å². The van der Waals surface area contributed by atoms with E-state index in [9.17, 15) is 4.79 Å². The number of Topliss-reactive ketones (excluding diaryl/α,β-unsaturated/α-hetero) is 1. The van der Waals surface area contributed by atoms with Crippen LogP contribution in [0.25, 0.3) is 0 Å². The number of carbonyl (C=O) groups excluding carboxylic acids is 1. The third kappa shape index (κ3) is 3.08. The highest BCUT2D eigenvalue weighted by Crippen LogP contribution is 2.21. The number of hydrogen-bond donors (Lipinski definition) is 1. The maximum atomic E-state index is 11.6. The number of allylic oxidation sites excluding steroid dienone is 1. The van der Waals surface area contributed by atoms with Gasteiger partial charge in [-0.2, -0.15) is 0 Å². The molecule has 0 aromatic heterocycles. The molecule has 0 aliphatic heterocycles. The zero-order valence-corrected chi connectivity index (χ0v) is 9.43. The van der Waals surface area contributed by atoms with Gasteiger partial charge in [0.2, 0.25) is 0 Å². The van der Waals surface area contributed by atoms with Gasteiger partial charge in [-0.05, 0) is 32.1 Å². The molecule has 0 aromatic carbocycles. The minimum Gasteiger partial charge on any atom is -0.388 e. The summed E-state index contributed by atoms with van der Waals surface area (Å²) in [6.07, 6.45) is 12.6. The molecule has 2 fully saturated rings. The van der Waals surface area contributed by atoms with Crippen molar-refractivity contribution in [3.8, 4) is 0 Å². The molecule has 0 bridgehead atoms. The van der Waals surface area contributed by atoms with Crippen molar-refractivity contribution in [1.29, 1.82) is 0 Å². The molecule has 0 spiro atoms. The zero-order valence-electron chi connectivity index (χ0n) is 9.43. The second kappa shape index (κ2) is 5.34.